The highest BCUT2D eigenvalue weighted by molar-refractivity contribution is 8.00. The van der Waals surface area contributed by atoms with Gasteiger partial charge in [-0.1, -0.05) is 11.8 Å². The van der Waals surface area contributed by atoms with E-state index in [0.717, 1.165) is 16.7 Å². The van der Waals surface area contributed by atoms with Crippen LogP contribution in [0.5, 0.6) is 0 Å². The monoisotopic (exact) mass is 456 g/mol. The number of hydrogen-bond acceptors (Lipinski definition) is 8. The molecule has 1 aromatic carbocycles. The normalized spacial score (nSPS) is 14.4. The van der Waals surface area contributed by atoms with Gasteiger partial charge in [-0.25, -0.2) is 14.6 Å². The molecule has 0 spiro atoms. The Labute approximate surface area is 186 Å². The first-order chi connectivity index (χ1) is 15.4. The maximum absolute atomic E-state index is 13.3. The summed E-state index contributed by atoms with van der Waals surface area (Å²) in [7, 11) is 1.27. The summed E-state index contributed by atoms with van der Waals surface area (Å²) in [4.78, 5) is 55.5. The summed E-state index contributed by atoms with van der Waals surface area (Å²) in [5.41, 5.74) is 0.211. The number of imide groups is 1. The van der Waals surface area contributed by atoms with E-state index in [1.807, 2.05) is 0 Å². The Morgan fingerprint density at radius 1 is 1.31 bits per heavy atom. The minimum Gasteiger partial charge on any atom is -0.467 e. The van der Waals surface area contributed by atoms with Gasteiger partial charge in [0.15, 0.2) is 5.16 Å². The summed E-state index contributed by atoms with van der Waals surface area (Å²) >= 11 is 1.06. The molecule has 0 radical (unpaired) electrons. The largest absolute Gasteiger partial charge is 0.467 e. The second-order valence-corrected chi connectivity index (χ2v) is 8.38. The Balaban J connectivity index is 1.76. The fourth-order valence-corrected chi connectivity index (χ4v) is 4.31. The Morgan fingerprint density at radius 3 is 2.78 bits per heavy atom. The molecule has 0 saturated carbocycles. The highest BCUT2D eigenvalue weighted by atomic mass is 32.2. The van der Waals surface area contributed by atoms with E-state index in [1.165, 1.54) is 36.1 Å². The van der Waals surface area contributed by atoms with E-state index in [4.69, 9.17) is 9.15 Å². The Kier molecular flexibility index (Phi) is 5.99. The molecule has 11 heteroatoms. The van der Waals surface area contributed by atoms with Crippen molar-refractivity contribution in [3.63, 3.8) is 0 Å². The minimum absolute atomic E-state index is 0.112. The summed E-state index contributed by atoms with van der Waals surface area (Å²) in [6, 6.07) is 7.50. The quantitative estimate of drug-likeness (QED) is 0.339. The van der Waals surface area contributed by atoms with Crippen LogP contribution in [0.2, 0.25) is 0 Å². The molecule has 3 heterocycles. The van der Waals surface area contributed by atoms with Gasteiger partial charge in [0.25, 0.3) is 5.56 Å². The number of nitrogens with one attached hydrogen (secondary N) is 1. The summed E-state index contributed by atoms with van der Waals surface area (Å²) in [6.45, 7) is 2.45. The number of aromatic nitrogens is 2. The number of amides is 3. The zero-order chi connectivity index (χ0) is 22.8. The molecule has 3 amide bonds. The molecular weight excluding hydrogens is 436 g/mol. The number of rotatable bonds is 6. The van der Waals surface area contributed by atoms with Crippen molar-refractivity contribution in [3.05, 3.63) is 58.3 Å². The van der Waals surface area contributed by atoms with E-state index >= 15 is 0 Å². The van der Waals surface area contributed by atoms with Crippen molar-refractivity contribution in [1.82, 2.24) is 19.8 Å². The van der Waals surface area contributed by atoms with Crippen molar-refractivity contribution < 1.29 is 23.5 Å². The van der Waals surface area contributed by atoms with Gasteiger partial charge >= 0.3 is 12.0 Å². The van der Waals surface area contributed by atoms with E-state index in [0.29, 0.717) is 23.2 Å². The number of fused-ring (bicyclic) bond motifs is 1. The van der Waals surface area contributed by atoms with Crippen LogP contribution in [-0.4, -0.2) is 57.8 Å². The van der Waals surface area contributed by atoms with Crippen molar-refractivity contribution in [2.75, 3.05) is 20.2 Å². The number of carbonyl (C=O) groups excluding carboxylic acids is 3. The van der Waals surface area contributed by atoms with Crippen LogP contribution >= 0.6 is 11.8 Å². The first-order valence-corrected chi connectivity index (χ1v) is 10.7. The van der Waals surface area contributed by atoms with Gasteiger partial charge in [0, 0.05) is 13.1 Å². The lowest BCUT2D eigenvalue weighted by Gasteiger charge is -2.19. The van der Waals surface area contributed by atoms with Gasteiger partial charge in [0.2, 0.25) is 5.91 Å². The van der Waals surface area contributed by atoms with Gasteiger partial charge < -0.3 is 14.5 Å². The average Bonchev–Trinajstić information content (AvgIpc) is 3.46. The second-order valence-electron chi connectivity index (χ2n) is 7.07. The van der Waals surface area contributed by atoms with Crippen molar-refractivity contribution in [1.29, 1.82) is 0 Å². The number of esters is 1. The number of benzene rings is 1. The predicted molar refractivity (Wildman–Crippen MR) is 116 cm³/mol. The number of urea groups is 1. The molecule has 1 fully saturated rings. The van der Waals surface area contributed by atoms with Gasteiger partial charge in [0.1, 0.15) is 5.76 Å². The molecule has 4 rings (SSSR count). The van der Waals surface area contributed by atoms with Crippen LogP contribution in [0.4, 0.5) is 4.79 Å². The van der Waals surface area contributed by atoms with E-state index < -0.39 is 17.3 Å². The van der Waals surface area contributed by atoms with Gasteiger partial charge in [-0.3, -0.25) is 19.1 Å². The van der Waals surface area contributed by atoms with Crippen molar-refractivity contribution in [2.24, 2.45) is 0 Å². The van der Waals surface area contributed by atoms with Crippen LogP contribution < -0.4 is 10.9 Å². The molecule has 0 bridgehead atoms. The Morgan fingerprint density at radius 2 is 2.12 bits per heavy atom. The zero-order valence-corrected chi connectivity index (χ0v) is 18.2. The number of thioether (sulfide) groups is 1. The van der Waals surface area contributed by atoms with Crippen LogP contribution in [0.25, 0.3) is 10.9 Å². The summed E-state index contributed by atoms with van der Waals surface area (Å²) in [5.74, 6) is -0.391. The molecule has 1 saturated heterocycles. The van der Waals surface area contributed by atoms with Crippen molar-refractivity contribution >= 4 is 40.6 Å². The second kappa shape index (κ2) is 8.87. The fraction of sp³-hybridized carbons (Fsp3) is 0.286. The van der Waals surface area contributed by atoms with E-state index in [2.05, 4.69) is 10.3 Å². The molecule has 166 valence electrons. The highest BCUT2D eigenvalue weighted by Crippen LogP contribution is 2.25. The van der Waals surface area contributed by atoms with Crippen molar-refractivity contribution in [2.45, 2.75) is 23.9 Å². The smallest absolute Gasteiger partial charge is 0.337 e. The van der Waals surface area contributed by atoms with Gasteiger partial charge in [-0.2, -0.15) is 0 Å². The number of carbonyl (C=O) groups is 3. The first kappa shape index (κ1) is 21.6. The molecule has 0 aliphatic carbocycles. The van der Waals surface area contributed by atoms with Crippen LogP contribution in [0, 0.1) is 0 Å². The molecule has 1 N–H and O–H groups in total. The topological polar surface area (TPSA) is 124 Å². The maximum Gasteiger partial charge on any atom is 0.337 e. The summed E-state index contributed by atoms with van der Waals surface area (Å²) in [5, 5.41) is 2.49. The Hall–Kier alpha value is -3.60. The summed E-state index contributed by atoms with van der Waals surface area (Å²) in [6.07, 6.45) is 1.50. The minimum atomic E-state index is -0.685. The predicted octanol–water partition coefficient (Wildman–Crippen LogP) is 1.86. The van der Waals surface area contributed by atoms with Crippen LogP contribution in [0.3, 0.4) is 0 Å². The lowest BCUT2D eigenvalue weighted by Crippen LogP contribution is -2.39. The van der Waals surface area contributed by atoms with Gasteiger partial charge in [0.05, 0.1) is 41.6 Å². The fourth-order valence-electron chi connectivity index (χ4n) is 3.34. The number of hydrogen-bond donors (Lipinski definition) is 1. The molecule has 1 atom stereocenters. The molecule has 1 aliphatic rings. The molecule has 3 aromatic rings. The molecule has 1 unspecified atom stereocenters. The molecule has 1 aliphatic heterocycles. The zero-order valence-electron chi connectivity index (χ0n) is 17.4. The molecule has 2 aromatic heterocycles. The van der Waals surface area contributed by atoms with Crippen LogP contribution in [0.1, 0.15) is 23.0 Å². The third-order valence-electron chi connectivity index (χ3n) is 4.99. The molecular formula is C21H20N4O6S. The van der Waals surface area contributed by atoms with E-state index in [9.17, 15) is 19.2 Å². The number of furan rings is 1. The number of methoxy groups -OCH3 is 1. The van der Waals surface area contributed by atoms with E-state index in [-0.39, 0.29) is 35.3 Å². The maximum atomic E-state index is 13.3. The lowest BCUT2D eigenvalue weighted by atomic mass is 10.1. The molecule has 10 nitrogen and oxygen atoms in total. The van der Waals surface area contributed by atoms with Crippen molar-refractivity contribution in [3.8, 4) is 0 Å². The van der Waals surface area contributed by atoms with Crippen LogP contribution in [-0.2, 0) is 16.1 Å². The standard InChI is InChI=1S/C21H20N4O6S/c1-12(17(26)24-8-7-22-20(24)29)32-21-23-16-10-13(19(28)30-2)5-6-15(16)18(27)25(21)11-14-4-3-9-31-14/h3-6,9-10,12H,7-8,11H2,1-2H3,(H,22,29). The lowest BCUT2D eigenvalue weighted by molar-refractivity contribution is -0.126. The average molecular weight is 456 g/mol. The Bertz CT molecular complexity index is 1250. The highest BCUT2D eigenvalue weighted by Gasteiger charge is 2.31. The first-order valence-electron chi connectivity index (χ1n) is 9.80. The third kappa shape index (κ3) is 4.11. The summed E-state index contributed by atoms with van der Waals surface area (Å²) < 4.78 is 11.5. The number of nitrogens with zero attached hydrogens (tertiary/aromatic N) is 3. The number of ether oxygens (including phenoxy) is 1. The SMILES string of the molecule is COC(=O)c1ccc2c(=O)n(Cc3ccco3)c(SC(C)C(=O)N3CCNC3=O)nc2c1. The van der Waals surface area contributed by atoms with E-state index in [1.54, 1.807) is 19.1 Å². The van der Waals surface area contributed by atoms with Crippen LogP contribution in [0.15, 0.2) is 51.0 Å². The molecule has 32 heavy (non-hydrogen) atoms. The van der Waals surface area contributed by atoms with Gasteiger partial charge in [-0.05, 0) is 37.3 Å². The third-order valence-corrected chi connectivity index (χ3v) is 6.07. The van der Waals surface area contributed by atoms with Gasteiger partial charge in [-0.15, -0.1) is 0 Å².